The number of rotatable bonds is 7. The molecular formula is C29H25F3. The molecule has 0 heterocycles. The lowest BCUT2D eigenvalue weighted by Gasteiger charge is -2.10. The van der Waals surface area contributed by atoms with E-state index in [0.717, 1.165) is 29.2 Å². The molecule has 3 heteroatoms. The molecule has 162 valence electrons. The van der Waals surface area contributed by atoms with E-state index in [-0.39, 0.29) is 5.56 Å². The van der Waals surface area contributed by atoms with Crippen LogP contribution in [0.4, 0.5) is 13.2 Å². The second kappa shape index (κ2) is 9.86. The van der Waals surface area contributed by atoms with Crippen LogP contribution in [0.25, 0.3) is 33.4 Å². The Kier molecular flexibility index (Phi) is 6.75. The van der Waals surface area contributed by atoms with E-state index in [1.165, 1.54) is 49.1 Å². The van der Waals surface area contributed by atoms with E-state index in [1.807, 2.05) is 24.3 Å². The maximum Gasteiger partial charge on any atom is 0.133 e. The number of hydrogen-bond donors (Lipinski definition) is 0. The zero-order valence-corrected chi connectivity index (χ0v) is 18.0. The highest BCUT2D eigenvalue weighted by Crippen LogP contribution is 2.31. The third-order valence-corrected chi connectivity index (χ3v) is 5.71. The largest absolute Gasteiger partial charge is 0.207 e. The summed E-state index contributed by atoms with van der Waals surface area (Å²) in [6.45, 7) is 2.21. The van der Waals surface area contributed by atoms with Crippen LogP contribution in [0.15, 0.2) is 84.9 Å². The van der Waals surface area contributed by atoms with Crippen LogP contribution in [-0.4, -0.2) is 0 Å². The topological polar surface area (TPSA) is 0 Å². The van der Waals surface area contributed by atoms with E-state index >= 15 is 0 Å². The Morgan fingerprint density at radius 2 is 1.12 bits per heavy atom. The summed E-state index contributed by atoms with van der Waals surface area (Å²) in [6, 6.07) is 24.2. The summed E-state index contributed by atoms with van der Waals surface area (Å²) < 4.78 is 41.7. The van der Waals surface area contributed by atoms with Gasteiger partial charge in [0, 0.05) is 11.6 Å². The predicted molar refractivity (Wildman–Crippen MR) is 126 cm³/mol. The van der Waals surface area contributed by atoms with Crippen molar-refractivity contribution in [1.82, 2.24) is 0 Å². The molecule has 32 heavy (non-hydrogen) atoms. The first-order chi connectivity index (χ1) is 15.5. The normalized spacial score (nSPS) is 11.0. The van der Waals surface area contributed by atoms with Crippen LogP contribution in [0.3, 0.4) is 0 Å². The third-order valence-electron chi connectivity index (χ3n) is 5.71. The molecule has 4 aromatic rings. The fourth-order valence-corrected chi connectivity index (χ4v) is 3.93. The van der Waals surface area contributed by atoms with Crippen LogP contribution < -0.4 is 0 Å². The van der Waals surface area contributed by atoms with E-state index in [9.17, 15) is 13.2 Å². The maximum absolute atomic E-state index is 14.3. The standard InChI is InChI=1S/C29H25F3/c1-2-3-4-5-20-6-8-21(9-7-20)22-10-12-23(13-11-22)24-16-25(18-27(31)17-24)28-15-14-26(30)19-29(28)32/h6-19H,2-5H2,1H3. The van der Waals surface area contributed by atoms with Gasteiger partial charge >= 0.3 is 0 Å². The van der Waals surface area contributed by atoms with Gasteiger partial charge in [-0.15, -0.1) is 0 Å². The summed E-state index contributed by atoms with van der Waals surface area (Å²) in [5, 5.41) is 0. The molecule has 0 amide bonds. The van der Waals surface area contributed by atoms with E-state index < -0.39 is 17.5 Å². The summed E-state index contributed by atoms with van der Waals surface area (Å²) >= 11 is 0. The molecule has 0 saturated carbocycles. The quantitative estimate of drug-likeness (QED) is 0.257. The van der Waals surface area contributed by atoms with Gasteiger partial charge in [0.05, 0.1) is 0 Å². The lowest BCUT2D eigenvalue weighted by atomic mass is 9.96. The minimum absolute atomic E-state index is 0.169. The van der Waals surface area contributed by atoms with Gasteiger partial charge in [-0.2, -0.15) is 0 Å². The van der Waals surface area contributed by atoms with Crippen LogP contribution >= 0.6 is 0 Å². The Morgan fingerprint density at radius 3 is 1.75 bits per heavy atom. The first-order valence-corrected chi connectivity index (χ1v) is 11.0. The molecule has 4 rings (SSSR count). The van der Waals surface area contributed by atoms with Crippen LogP contribution in [0.1, 0.15) is 31.7 Å². The Bertz CT molecular complexity index is 1190. The molecule has 0 unspecified atom stereocenters. The van der Waals surface area contributed by atoms with Crippen molar-refractivity contribution in [3.8, 4) is 33.4 Å². The van der Waals surface area contributed by atoms with Crippen molar-refractivity contribution >= 4 is 0 Å². The first-order valence-electron chi connectivity index (χ1n) is 11.0. The summed E-state index contributed by atoms with van der Waals surface area (Å²) in [4.78, 5) is 0. The van der Waals surface area contributed by atoms with Crippen LogP contribution in [-0.2, 0) is 6.42 Å². The molecule has 0 atom stereocenters. The summed E-state index contributed by atoms with van der Waals surface area (Å²) in [6.07, 6.45) is 4.78. The number of aryl methyl sites for hydroxylation is 1. The van der Waals surface area contributed by atoms with Gasteiger partial charge in [-0.3, -0.25) is 0 Å². The zero-order valence-electron chi connectivity index (χ0n) is 18.0. The molecule has 0 aromatic heterocycles. The average Bonchev–Trinajstić information content (AvgIpc) is 2.79. The Hall–Kier alpha value is -3.33. The van der Waals surface area contributed by atoms with Crippen molar-refractivity contribution in [1.29, 1.82) is 0 Å². The smallest absolute Gasteiger partial charge is 0.133 e. The van der Waals surface area contributed by atoms with E-state index in [0.29, 0.717) is 11.1 Å². The van der Waals surface area contributed by atoms with E-state index in [4.69, 9.17) is 0 Å². The molecule has 0 spiro atoms. The molecule has 0 N–H and O–H groups in total. The lowest BCUT2D eigenvalue weighted by Crippen LogP contribution is -1.90. The molecular weight excluding hydrogens is 405 g/mol. The summed E-state index contributed by atoms with van der Waals surface area (Å²) in [5.41, 5.74) is 5.57. The Labute approximate surface area is 187 Å². The molecule has 0 radical (unpaired) electrons. The van der Waals surface area contributed by atoms with Crippen molar-refractivity contribution < 1.29 is 13.2 Å². The van der Waals surface area contributed by atoms with Gasteiger partial charge in [0.25, 0.3) is 0 Å². The molecule has 4 aromatic carbocycles. The number of halogens is 3. The molecule has 0 nitrogen and oxygen atoms in total. The highest BCUT2D eigenvalue weighted by molar-refractivity contribution is 5.75. The second-order valence-electron chi connectivity index (χ2n) is 8.08. The Morgan fingerprint density at radius 1 is 0.531 bits per heavy atom. The lowest BCUT2D eigenvalue weighted by molar-refractivity contribution is 0.585. The molecule has 0 aliphatic carbocycles. The number of benzene rings is 4. The highest BCUT2D eigenvalue weighted by atomic mass is 19.1. The van der Waals surface area contributed by atoms with Gasteiger partial charge in [-0.05, 0) is 76.6 Å². The minimum Gasteiger partial charge on any atom is -0.207 e. The summed E-state index contributed by atoms with van der Waals surface area (Å²) in [5.74, 6) is -1.84. The fourth-order valence-electron chi connectivity index (χ4n) is 3.93. The second-order valence-corrected chi connectivity index (χ2v) is 8.08. The fraction of sp³-hybridized carbons (Fsp3) is 0.172. The van der Waals surface area contributed by atoms with Crippen LogP contribution in [0, 0.1) is 17.5 Å². The number of hydrogen-bond acceptors (Lipinski definition) is 0. The monoisotopic (exact) mass is 430 g/mol. The van der Waals surface area contributed by atoms with Crippen molar-refractivity contribution in [2.75, 3.05) is 0 Å². The van der Waals surface area contributed by atoms with Crippen molar-refractivity contribution in [2.45, 2.75) is 32.6 Å². The van der Waals surface area contributed by atoms with Crippen molar-refractivity contribution in [3.63, 3.8) is 0 Å². The summed E-state index contributed by atoms with van der Waals surface area (Å²) in [7, 11) is 0. The van der Waals surface area contributed by atoms with E-state index in [2.05, 4.69) is 31.2 Å². The van der Waals surface area contributed by atoms with Crippen LogP contribution in [0.2, 0.25) is 0 Å². The molecule has 0 aliphatic heterocycles. The van der Waals surface area contributed by atoms with Gasteiger partial charge < -0.3 is 0 Å². The highest BCUT2D eigenvalue weighted by Gasteiger charge is 2.10. The Balaban J connectivity index is 1.57. The first kappa shape index (κ1) is 21.9. The van der Waals surface area contributed by atoms with Gasteiger partial charge in [0.2, 0.25) is 0 Å². The zero-order chi connectivity index (χ0) is 22.5. The average molecular weight is 431 g/mol. The molecule has 0 bridgehead atoms. The van der Waals surface area contributed by atoms with Gasteiger partial charge in [-0.1, -0.05) is 68.3 Å². The molecule has 0 aliphatic rings. The van der Waals surface area contributed by atoms with Gasteiger partial charge in [0.1, 0.15) is 17.5 Å². The predicted octanol–water partition coefficient (Wildman–Crippen LogP) is 8.84. The number of unbranched alkanes of at least 4 members (excludes halogenated alkanes) is 2. The molecule has 0 fully saturated rings. The van der Waals surface area contributed by atoms with E-state index in [1.54, 1.807) is 6.07 Å². The van der Waals surface area contributed by atoms with Gasteiger partial charge in [-0.25, -0.2) is 13.2 Å². The van der Waals surface area contributed by atoms with Crippen molar-refractivity contribution in [3.05, 3.63) is 108 Å². The van der Waals surface area contributed by atoms with Crippen LogP contribution in [0.5, 0.6) is 0 Å². The minimum atomic E-state index is -0.713. The third kappa shape index (κ3) is 5.11. The van der Waals surface area contributed by atoms with Crippen molar-refractivity contribution in [2.24, 2.45) is 0 Å². The van der Waals surface area contributed by atoms with Gasteiger partial charge in [0.15, 0.2) is 0 Å². The molecule has 0 saturated heterocycles. The maximum atomic E-state index is 14.3. The SMILES string of the molecule is CCCCCc1ccc(-c2ccc(-c3cc(F)cc(-c4ccc(F)cc4F)c3)cc2)cc1.